The van der Waals surface area contributed by atoms with Gasteiger partial charge in [0.15, 0.2) is 5.78 Å². The number of nitrogens with one attached hydrogen (secondary N) is 2. The zero-order chi connectivity index (χ0) is 18.8. The van der Waals surface area contributed by atoms with E-state index in [1.54, 1.807) is 31.4 Å². The summed E-state index contributed by atoms with van der Waals surface area (Å²) in [6.07, 6.45) is 0.742. The van der Waals surface area contributed by atoms with Gasteiger partial charge in [-0.05, 0) is 43.2 Å². The molecule has 0 aliphatic rings. The number of methoxy groups -OCH3 is 1. The van der Waals surface area contributed by atoms with Gasteiger partial charge in [-0.25, -0.2) is 4.79 Å². The average molecular weight is 350 g/mol. The number of carbonyl (C=O) groups is 2. The van der Waals surface area contributed by atoms with Crippen LogP contribution in [-0.2, 0) is 6.42 Å². The quantitative estimate of drug-likeness (QED) is 0.622. The number of hydrogen-bond donors (Lipinski definition) is 2. The highest BCUT2D eigenvalue weighted by molar-refractivity contribution is 5.94. The lowest BCUT2D eigenvalue weighted by molar-refractivity contribution is 0.101. The van der Waals surface area contributed by atoms with Crippen LogP contribution in [0, 0.1) is 11.8 Å². The summed E-state index contributed by atoms with van der Waals surface area (Å²) in [4.78, 5) is 22.9. The van der Waals surface area contributed by atoms with Gasteiger partial charge in [-0.2, -0.15) is 0 Å². The van der Waals surface area contributed by atoms with Crippen molar-refractivity contribution in [2.45, 2.75) is 13.3 Å². The van der Waals surface area contributed by atoms with Crippen molar-refractivity contribution >= 4 is 11.8 Å². The molecule has 0 aliphatic heterocycles. The summed E-state index contributed by atoms with van der Waals surface area (Å²) < 4.78 is 5.11. The number of carbonyl (C=O) groups excluding carboxylic acids is 2. The summed E-state index contributed by atoms with van der Waals surface area (Å²) in [7, 11) is 1.63. The molecular formula is C21H22N2O3. The van der Waals surface area contributed by atoms with Gasteiger partial charge in [0.25, 0.3) is 0 Å². The maximum Gasteiger partial charge on any atom is 0.315 e. The lowest BCUT2D eigenvalue weighted by atomic mass is 10.1. The Morgan fingerprint density at radius 2 is 1.69 bits per heavy atom. The third kappa shape index (κ3) is 6.33. The lowest BCUT2D eigenvalue weighted by Crippen LogP contribution is -2.36. The van der Waals surface area contributed by atoms with E-state index in [0.29, 0.717) is 12.1 Å². The molecule has 0 atom stereocenters. The van der Waals surface area contributed by atoms with Crippen LogP contribution in [0.4, 0.5) is 4.79 Å². The molecule has 2 aromatic rings. The molecule has 0 radical (unpaired) electrons. The van der Waals surface area contributed by atoms with Gasteiger partial charge in [0.1, 0.15) is 5.75 Å². The summed E-state index contributed by atoms with van der Waals surface area (Å²) in [5, 5.41) is 5.48. The van der Waals surface area contributed by atoms with Crippen LogP contribution in [0.3, 0.4) is 0 Å². The van der Waals surface area contributed by atoms with Crippen molar-refractivity contribution in [3.8, 4) is 17.6 Å². The Balaban J connectivity index is 1.68. The molecule has 0 bridgehead atoms. The summed E-state index contributed by atoms with van der Waals surface area (Å²) >= 11 is 0. The monoisotopic (exact) mass is 350 g/mol. The summed E-state index contributed by atoms with van der Waals surface area (Å²) in [5.74, 6) is 6.66. The minimum absolute atomic E-state index is 0.0255. The van der Waals surface area contributed by atoms with Gasteiger partial charge in [-0.15, -0.1) is 0 Å². The predicted octanol–water partition coefficient (Wildman–Crippen LogP) is 2.79. The first-order valence-corrected chi connectivity index (χ1v) is 8.33. The summed E-state index contributed by atoms with van der Waals surface area (Å²) in [5.41, 5.74) is 2.58. The van der Waals surface area contributed by atoms with Gasteiger partial charge in [-0.1, -0.05) is 36.1 Å². The Morgan fingerprint density at radius 1 is 1.00 bits per heavy atom. The van der Waals surface area contributed by atoms with Crippen LogP contribution in [-0.4, -0.2) is 32.0 Å². The summed E-state index contributed by atoms with van der Waals surface area (Å²) in [6, 6.07) is 14.6. The number of Topliss-reactive ketones (excluding diaryl/α,β-unsaturated/α-hetero) is 1. The number of ether oxygens (including phenoxy) is 1. The fourth-order valence-corrected chi connectivity index (χ4v) is 2.23. The molecule has 2 amide bonds. The molecule has 0 saturated carbocycles. The second-order valence-electron chi connectivity index (χ2n) is 5.64. The molecule has 2 N–H and O–H groups in total. The minimum Gasteiger partial charge on any atom is -0.497 e. The second-order valence-corrected chi connectivity index (χ2v) is 5.64. The highest BCUT2D eigenvalue weighted by Gasteiger charge is 1.99. The van der Waals surface area contributed by atoms with Crippen molar-refractivity contribution in [2.24, 2.45) is 0 Å². The van der Waals surface area contributed by atoms with Crippen LogP contribution in [0.1, 0.15) is 28.4 Å². The molecule has 5 heteroatoms. The predicted molar refractivity (Wildman–Crippen MR) is 101 cm³/mol. The lowest BCUT2D eigenvalue weighted by Gasteiger charge is -2.06. The van der Waals surface area contributed by atoms with Gasteiger partial charge in [0, 0.05) is 17.7 Å². The van der Waals surface area contributed by atoms with E-state index in [4.69, 9.17) is 4.74 Å². The standard InChI is InChI=1S/C21H22N2O3/c1-16(24)19-9-5-17(6-10-19)4-3-14-22-21(25)23-15-13-18-7-11-20(26-2)12-8-18/h5-12H,13-15H2,1-2H3,(H2,22,23,25). The maximum atomic E-state index is 11.7. The molecule has 0 spiro atoms. The van der Waals surface area contributed by atoms with Crippen molar-refractivity contribution in [3.63, 3.8) is 0 Å². The molecule has 134 valence electrons. The first kappa shape index (κ1) is 19.1. The smallest absolute Gasteiger partial charge is 0.315 e. The number of hydrogen-bond acceptors (Lipinski definition) is 3. The zero-order valence-electron chi connectivity index (χ0n) is 15.0. The molecule has 0 aliphatic carbocycles. The molecular weight excluding hydrogens is 328 g/mol. The average Bonchev–Trinajstić information content (AvgIpc) is 2.66. The van der Waals surface area contributed by atoms with E-state index in [1.165, 1.54) is 6.92 Å². The minimum atomic E-state index is -0.250. The number of benzene rings is 2. The molecule has 2 aromatic carbocycles. The summed E-state index contributed by atoms with van der Waals surface area (Å²) in [6.45, 7) is 2.32. The fourth-order valence-electron chi connectivity index (χ4n) is 2.23. The molecule has 0 heterocycles. The van der Waals surface area contributed by atoms with Gasteiger partial charge >= 0.3 is 6.03 Å². The van der Waals surface area contributed by atoms with Crippen molar-refractivity contribution in [2.75, 3.05) is 20.2 Å². The number of urea groups is 1. The van der Waals surface area contributed by atoms with Crippen molar-refractivity contribution in [1.82, 2.24) is 10.6 Å². The van der Waals surface area contributed by atoms with Crippen LogP contribution in [0.25, 0.3) is 0 Å². The normalized spacial score (nSPS) is 9.62. The highest BCUT2D eigenvalue weighted by Crippen LogP contribution is 2.11. The fraction of sp³-hybridized carbons (Fsp3) is 0.238. The Kier molecular flexibility index (Phi) is 7.26. The van der Waals surface area contributed by atoms with Crippen LogP contribution < -0.4 is 15.4 Å². The van der Waals surface area contributed by atoms with E-state index in [9.17, 15) is 9.59 Å². The Bertz CT molecular complexity index is 800. The van der Waals surface area contributed by atoms with E-state index >= 15 is 0 Å². The third-order valence-electron chi connectivity index (χ3n) is 3.72. The molecule has 0 aromatic heterocycles. The molecule has 0 fully saturated rings. The third-order valence-corrected chi connectivity index (χ3v) is 3.72. The SMILES string of the molecule is COc1ccc(CCNC(=O)NCC#Cc2ccc(C(C)=O)cc2)cc1. The van der Waals surface area contributed by atoms with Crippen molar-refractivity contribution in [1.29, 1.82) is 0 Å². The number of amides is 2. The zero-order valence-corrected chi connectivity index (χ0v) is 15.0. The first-order chi connectivity index (χ1) is 12.6. The highest BCUT2D eigenvalue weighted by atomic mass is 16.5. The molecule has 5 nitrogen and oxygen atoms in total. The van der Waals surface area contributed by atoms with E-state index in [2.05, 4.69) is 22.5 Å². The van der Waals surface area contributed by atoms with E-state index < -0.39 is 0 Å². The Labute approximate surface area is 153 Å². The molecule has 0 unspecified atom stereocenters. The second kappa shape index (κ2) is 9.90. The van der Waals surface area contributed by atoms with E-state index in [-0.39, 0.29) is 18.4 Å². The van der Waals surface area contributed by atoms with Gasteiger partial charge < -0.3 is 15.4 Å². The number of ketones is 1. The van der Waals surface area contributed by atoms with Gasteiger partial charge in [-0.3, -0.25) is 4.79 Å². The number of rotatable bonds is 6. The van der Waals surface area contributed by atoms with E-state index in [1.807, 2.05) is 24.3 Å². The van der Waals surface area contributed by atoms with Crippen LogP contribution in [0.2, 0.25) is 0 Å². The maximum absolute atomic E-state index is 11.7. The first-order valence-electron chi connectivity index (χ1n) is 8.33. The van der Waals surface area contributed by atoms with Gasteiger partial charge in [0.05, 0.1) is 13.7 Å². The van der Waals surface area contributed by atoms with Gasteiger partial charge in [0.2, 0.25) is 0 Å². The molecule has 26 heavy (non-hydrogen) atoms. The Morgan fingerprint density at radius 3 is 2.31 bits per heavy atom. The van der Waals surface area contributed by atoms with Crippen molar-refractivity contribution < 1.29 is 14.3 Å². The largest absolute Gasteiger partial charge is 0.497 e. The van der Waals surface area contributed by atoms with Crippen LogP contribution >= 0.6 is 0 Å². The van der Waals surface area contributed by atoms with Crippen molar-refractivity contribution in [3.05, 3.63) is 65.2 Å². The van der Waals surface area contributed by atoms with Crippen LogP contribution in [0.5, 0.6) is 5.75 Å². The van der Waals surface area contributed by atoms with Crippen LogP contribution in [0.15, 0.2) is 48.5 Å². The molecule has 0 saturated heterocycles. The van der Waals surface area contributed by atoms with E-state index in [0.717, 1.165) is 23.3 Å². The molecule has 2 rings (SSSR count). The Hall–Kier alpha value is -3.26. The topological polar surface area (TPSA) is 67.4 Å².